The molecule has 0 bridgehead atoms. The number of carbonyl (C=O) groups is 1. The Kier molecular flexibility index (Phi) is 6.49. The summed E-state index contributed by atoms with van der Waals surface area (Å²) in [6, 6.07) is 13.3. The van der Waals surface area contributed by atoms with Crippen LogP contribution in [0.1, 0.15) is 5.82 Å². The smallest absolute Gasteiger partial charge is 0.234 e. The molecule has 0 spiro atoms. The molecule has 1 N–H and O–H groups in total. The molecule has 3 rings (SSSR count). The van der Waals surface area contributed by atoms with E-state index in [9.17, 15) is 9.18 Å². The first kappa shape index (κ1) is 19.7. The molecule has 0 saturated carbocycles. The van der Waals surface area contributed by atoms with E-state index in [0.717, 1.165) is 0 Å². The minimum Gasteiger partial charge on any atom is -0.493 e. The number of amides is 1. The molecule has 9 heteroatoms. The molecule has 2 aromatic carbocycles. The lowest BCUT2D eigenvalue weighted by Gasteiger charge is -2.10. The van der Waals surface area contributed by atoms with Crippen molar-refractivity contribution in [3.63, 3.8) is 0 Å². The number of aromatic nitrogens is 3. The zero-order valence-electron chi connectivity index (χ0n) is 15.4. The number of nitrogens with one attached hydrogen (secondary N) is 1. The summed E-state index contributed by atoms with van der Waals surface area (Å²) in [5, 5.41) is 11.3. The third-order valence-electron chi connectivity index (χ3n) is 3.83. The lowest BCUT2D eigenvalue weighted by Crippen LogP contribution is -2.15. The third kappa shape index (κ3) is 4.80. The molecule has 0 atom stereocenters. The highest BCUT2D eigenvalue weighted by Gasteiger charge is 2.13. The van der Waals surface area contributed by atoms with Crippen LogP contribution in [0.5, 0.6) is 11.5 Å². The fourth-order valence-electron chi connectivity index (χ4n) is 2.36. The topological polar surface area (TPSA) is 78.3 Å². The number of halogens is 1. The van der Waals surface area contributed by atoms with E-state index in [1.807, 2.05) is 18.2 Å². The van der Waals surface area contributed by atoms with Crippen LogP contribution in [-0.2, 0) is 18.4 Å². The molecule has 0 unspecified atom stereocenters. The summed E-state index contributed by atoms with van der Waals surface area (Å²) in [5.41, 5.74) is 0.150. The Morgan fingerprint density at radius 2 is 1.86 bits per heavy atom. The van der Waals surface area contributed by atoms with Crippen LogP contribution in [0.15, 0.2) is 53.7 Å². The second-order valence-corrected chi connectivity index (χ2v) is 6.66. The van der Waals surface area contributed by atoms with Crippen LogP contribution in [0.2, 0.25) is 0 Å². The quantitative estimate of drug-likeness (QED) is 0.583. The molecule has 0 aliphatic carbocycles. The highest BCUT2D eigenvalue weighted by atomic mass is 32.2. The van der Waals surface area contributed by atoms with Crippen molar-refractivity contribution in [1.29, 1.82) is 0 Å². The molecule has 7 nitrogen and oxygen atoms in total. The number of rotatable bonds is 8. The van der Waals surface area contributed by atoms with E-state index in [1.54, 1.807) is 36.9 Å². The van der Waals surface area contributed by atoms with Crippen molar-refractivity contribution >= 4 is 23.4 Å². The molecule has 0 aliphatic rings. The first-order chi connectivity index (χ1) is 13.6. The van der Waals surface area contributed by atoms with Crippen LogP contribution in [0.4, 0.5) is 10.1 Å². The zero-order valence-corrected chi connectivity index (χ0v) is 16.2. The van der Waals surface area contributed by atoms with Gasteiger partial charge >= 0.3 is 0 Å². The molecule has 1 aromatic heterocycles. The highest BCUT2D eigenvalue weighted by Crippen LogP contribution is 2.26. The highest BCUT2D eigenvalue weighted by molar-refractivity contribution is 7.99. The van der Waals surface area contributed by atoms with Crippen molar-refractivity contribution in [2.24, 2.45) is 7.05 Å². The Balaban J connectivity index is 1.56. The van der Waals surface area contributed by atoms with E-state index in [1.165, 1.54) is 23.9 Å². The maximum Gasteiger partial charge on any atom is 0.234 e. The number of hydrogen-bond acceptors (Lipinski definition) is 6. The Labute approximate surface area is 165 Å². The Hall–Kier alpha value is -3.07. The number of para-hydroxylation sites is 3. The fraction of sp³-hybridized carbons (Fsp3) is 0.211. The predicted octanol–water partition coefficient (Wildman–Crippen LogP) is 3.27. The first-order valence-corrected chi connectivity index (χ1v) is 9.38. The molecule has 1 amide bonds. The lowest BCUT2D eigenvalue weighted by molar-refractivity contribution is -0.113. The van der Waals surface area contributed by atoms with Crippen LogP contribution >= 0.6 is 11.8 Å². The van der Waals surface area contributed by atoms with E-state index in [-0.39, 0.29) is 24.0 Å². The number of methoxy groups -OCH3 is 1. The number of hydrogen-bond donors (Lipinski definition) is 1. The summed E-state index contributed by atoms with van der Waals surface area (Å²) in [7, 11) is 3.36. The molecule has 0 fully saturated rings. The largest absolute Gasteiger partial charge is 0.493 e. The summed E-state index contributed by atoms with van der Waals surface area (Å²) in [6.45, 7) is 0.200. The van der Waals surface area contributed by atoms with Crippen molar-refractivity contribution in [3.05, 3.63) is 60.2 Å². The Morgan fingerprint density at radius 1 is 1.14 bits per heavy atom. The van der Waals surface area contributed by atoms with Crippen molar-refractivity contribution < 1.29 is 18.7 Å². The van der Waals surface area contributed by atoms with Gasteiger partial charge < -0.3 is 19.4 Å². The number of nitrogens with zero attached hydrogens (tertiary/aromatic N) is 3. The maximum absolute atomic E-state index is 13.6. The normalized spacial score (nSPS) is 10.5. The summed E-state index contributed by atoms with van der Waals surface area (Å²) in [5.74, 6) is 1.10. The minimum absolute atomic E-state index is 0.0771. The van der Waals surface area contributed by atoms with E-state index < -0.39 is 5.82 Å². The van der Waals surface area contributed by atoms with Gasteiger partial charge in [-0.2, -0.15) is 0 Å². The number of thioether (sulfide) groups is 1. The maximum atomic E-state index is 13.6. The monoisotopic (exact) mass is 402 g/mol. The average molecular weight is 402 g/mol. The van der Waals surface area contributed by atoms with Gasteiger partial charge in [0.05, 0.1) is 18.6 Å². The van der Waals surface area contributed by atoms with Crippen molar-refractivity contribution in [3.8, 4) is 11.5 Å². The number of carbonyl (C=O) groups excluding carboxylic acids is 1. The second-order valence-electron chi connectivity index (χ2n) is 5.71. The van der Waals surface area contributed by atoms with E-state index in [0.29, 0.717) is 22.5 Å². The summed E-state index contributed by atoms with van der Waals surface area (Å²) in [4.78, 5) is 12.0. The SMILES string of the molecule is COc1ccccc1OCc1nnc(SCC(=O)Nc2ccccc2F)n1C. The Morgan fingerprint density at radius 3 is 2.61 bits per heavy atom. The molecular formula is C19H19FN4O3S. The van der Waals surface area contributed by atoms with Gasteiger partial charge in [0.1, 0.15) is 12.4 Å². The van der Waals surface area contributed by atoms with E-state index >= 15 is 0 Å². The van der Waals surface area contributed by atoms with Gasteiger partial charge in [-0.25, -0.2) is 4.39 Å². The van der Waals surface area contributed by atoms with Crippen LogP contribution in [0.3, 0.4) is 0 Å². The standard InChI is InChI=1S/C19H19FN4O3S/c1-24-17(11-27-16-10-6-5-9-15(16)26-2)22-23-19(24)28-12-18(25)21-14-8-4-3-7-13(14)20/h3-10H,11-12H2,1-2H3,(H,21,25). The third-order valence-corrected chi connectivity index (χ3v) is 4.85. The average Bonchev–Trinajstić information content (AvgIpc) is 3.06. The predicted molar refractivity (Wildman–Crippen MR) is 104 cm³/mol. The number of ether oxygens (including phenoxy) is 2. The molecule has 28 heavy (non-hydrogen) atoms. The zero-order chi connectivity index (χ0) is 19.9. The van der Waals surface area contributed by atoms with Gasteiger partial charge in [0.15, 0.2) is 22.5 Å². The van der Waals surface area contributed by atoms with Gasteiger partial charge in [-0.15, -0.1) is 10.2 Å². The van der Waals surface area contributed by atoms with Crippen LogP contribution in [0, 0.1) is 5.82 Å². The molecule has 0 saturated heterocycles. The number of anilines is 1. The second kappa shape index (κ2) is 9.23. The Bertz CT molecular complexity index is 964. The fourth-order valence-corrected chi connectivity index (χ4v) is 3.09. The van der Waals surface area contributed by atoms with E-state index in [4.69, 9.17) is 9.47 Å². The summed E-state index contributed by atoms with van der Waals surface area (Å²) >= 11 is 1.21. The summed E-state index contributed by atoms with van der Waals surface area (Å²) in [6.07, 6.45) is 0. The van der Waals surface area contributed by atoms with Crippen LogP contribution in [0.25, 0.3) is 0 Å². The van der Waals surface area contributed by atoms with Crippen molar-refractivity contribution in [2.45, 2.75) is 11.8 Å². The van der Waals surface area contributed by atoms with E-state index in [2.05, 4.69) is 15.5 Å². The molecule has 0 radical (unpaired) electrons. The molecular weight excluding hydrogens is 383 g/mol. The van der Waals surface area contributed by atoms with Crippen molar-refractivity contribution in [2.75, 3.05) is 18.2 Å². The van der Waals surface area contributed by atoms with Crippen molar-refractivity contribution in [1.82, 2.24) is 14.8 Å². The minimum atomic E-state index is -0.477. The van der Waals surface area contributed by atoms with Gasteiger partial charge in [0.2, 0.25) is 5.91 Å². The lowest BCUT2D eigenvalue weighted by atomic mass is 10.3. The molecule has 0 aliphatic heterocycles. The van der Waals surface area contributed by atoms with Gasteiger partial charge in [-0.05, 0) is 24.3 Å². The van der Waals surface area contributed by atoms with Gasteiger partial charge in [0, 0.05) is 7.05 Å². The number of benzene rings is 2. The molecule has 1 heterocycles. The molecule has 3 aromatic rings. The van der Waals surface area contributed by atoms with Gasteiger partial charge in [0.25, 0.3) is 0 Å². The van der Waals surface area contributed by atoms with Crippen LogP contribution in [-0.4, -0.2) is 33.5 Å². The van der Waals surface area contributed by atoms with Gasteiger partial charge in [-0.1, -0.05) is 36.0 Å². The van der Waals surface area contributed by atoms with Crippen LogP contribution < -0.4 is 14.8 Å². The van der Waals surface area contributed by atoms with Gasteiger partial charge in [-0.3, -0.25) is 4.79 Å². The summed E-state index contributed by atoms with van der Waals surface area (Å²) < 4.78 is 26.3. The molecule has 146 valence electrons. The first-order valence-electron chi connectivity index (χ1n) is 8.39.